The second-order valence-electron chi connectivity index (χ2n) is 6.58. The Morgan fingerprint density at radius 3 is 2.59 bits per heavy atom. The fourth-order valence-electron chi connectivity index (χ4n) is 3.22. The topological polar surface area (TPSA) is 118 Å². The Morgan fingerprint density at radius 1 is 1.14 bits per heavy atom. The number of carbonyl (C=O) groups excluding carboxylic acids is 1. The summed E-state index contributed by atoms with van der Waals surface area (Å²) in [6.07, 6.45) is 5.93. The summed E-state index contributed by atoms with van der Waals surface area (Å²) in [5, 5.41) is 14.9. The number of hydrogen-bond donors (Lipinski definition) is 2. The molecule has 2 N–H and O–H groups in total. The molecule has 9 heteroatoms. The van der Waals surface area contributed by atoms with Crippen LogP contribution in [0.3, 0.4) is 0 Å². The second kappa shape index (κ2) is 9.59. The Kier molecular flexibility index (Phi) is 6.68. The number of nitriles is 1. The first-order chi connectivity index (χ1) is 14.1. The Morgan fingerprint density at radius 2 is 1.90 bits per heavy atom. The van der Waals surface area contributed by atoms with E-state index < -0.39 is 0 Å². The van der Waals surface area contributed by atoms with E-state index in [-0.39, 0.29) is 29.8 Å². The minimum absolute atomic E-state index is 0.0383. The van der Waals surface area contributed by atoms with Gasteiger partial charge in [-0.1, -0.05) is 0 Å². The van der Waals surface area contributed by atoms with Crippen molar-refractivity contribution in [2.24, 2.45) is 0 Å². The minimum Gasteiger partial charge on any atom is -0.497 e. The van der Waals surface area contributed by atoms with Gasteiger partial charge < -0.3 is 24.8 Å². The number of carbonyl (C=O) groups is 1. The number of rotatable bonds is 6. The summed E-state index contributed by atoms with van der Waals surface area (Å²) in [5.41, 5.74) is 0.745. The molecule has 1 aliphatic carbocycles. The molecular formula is C20H23N5O4. The number of anilines is 1. The molecule has 0 radical (unpaired) electrons. The fourth-order valence-corrected chi connectivity index (χ4v) is 3.22. The molecule has 1 saturated carbocycles. The van der Waals surface area contributed by atoms with Crippen molar-refractivity contribution in [2.45, 2.75) is 37.8 Å². The van der Waals surface area contributed by atoms with Crippen LogP contribution in [0.2, 0.25) is 0 Å². The lowest BCUT2D eigenvalue weighted by Crippen LogP contribution is -2.41. The van der Waals surface area contributed by atoms with Gasteiger partial charge in [0.1, 0.15) is 23.7 Å². The molecule has 0 saturated heterocycles. The van der Waals surface area contributed by atoms with Crippen molar-refractivity contribution < 1.29 is 19.0 Å². The van der Waals surface area contributed by atoms with Crippen LogP contribution >= 0.6 is 0 Å². The lowest BCUT2D eigenvalue weighted by molar-refractivity contribution is 0.134. The van der Waals surface area contributed by atoms with Gasteiger partial charge in [0, 0.05) is 24.5 Å². The first-order valence-electron chi connectivity index (χ1n) is 9.30. The first kappa shape index (κ1) is 20.2. The molecule has 3 rings (SSSR count). The summed E-state index contributed by atoms with van der Waals surface area (Å²) >= 11 is 0. The predicted molar refractivity (Wildman–Crippen MR) is 105 cm³/mol. The SMILES string of the molecule is COc1ccc(NC(=O)NC2CCC(Oc3nccnc3C#N)CC2)c(OC)c1. The number of benzene rings is 1. The molecule has 29 heavy (non-hydrogen) atoms. The van der Waals surface area contributed by atoms with E-state index in [9.17, 15) is 4.79 Å². The number of amides is 2. The van der Waals surface area contributed by atoms with Crippen molar-refractivity contribution in [3.63, 3.8) is 0 Å². The zero-order valence-electron chi connectivity index (χ0n) is 16.3. The van der Waals surface area contributed by atoms with Crippen molar-refractivity contribution >= 4 is 11.7 Å². The number of nitrogens with one attached hydrogen (secondary N) is 2. The van der Waals surface area contributed by atoms with Crippen LogP contribution in [0.1, 0.15) is 31.4 Å². The van der Waals surface area contributed by atoms with Crippen LogP contribution in [0.5, 0.6) is 17.4 Å². The number of ether oxygens (including phenoxy) is 3. The highest BCUT2D eigenvalue weighted by atomic mass is 16.5. The Labute approximate surface area is 169 Å². The summed E-state index contributed by atoms with van der Waals surface area (Å²) in [5.74, 6) is 1.43. The molecule has 1 aromatic carbocycles. The predicted octanol–water partition coefficient (Wildman–Crippen LogP) is 2.88. The normalized spacial score (nSPS) is 18.2. The second-order valence-corrected chi connectivity index (χ2v) is 6.58. The van der Waals surface area contributed by atoms with Crippen molar-refractivity contribution in [1.29, 1.82) is 5.26 Å². The number of methoxy groups -OCH3 is 2. The lowest BCUT2D eigenvalue weighted by Gasteiger charge is -2.29. The number of aromatic nitrogens is 2. The van der Waals surface area contributed by atoms with E-state index in [0.717, 1.165) is 25.7 Å². The van der Waals surface area contributed by atoms with Crippen LogP contribution < -0.4 is 24.8 Å². The van der Waals surface area contributed by atoms with Crippen molar-refractivity contribution in [1.82, 2.24) is 15.3 Å². The Hall–Kier alpha value is -3.54. The summed E-state index contributed by atoms with van der Waals surface area (Å²) < 4.78 is 16.3. The van der Waals surface area contributed by atoms with E-state index in [1.807, 2.05) is 6.07 Å². The number of hydrogen-bond acceptors (Lipinski definition) is 7. The van der Waals surface area contributed by atoms with E-state index in [4.69, 9.17) is 19.5 Å². The molecular weight excluding hydrogens is 374 g/mol. The van der Waals surface area contributed by atoms with E-state index in [2.05, 4.69) is 20.6 Å². The third kappa shape index (κ3) is 5.25. The van der Waals surface area contributed by atoms with Gasteiger partial charge in [-0.05, 0) is 37.8 Å². The van der Waals surface area contributed by atoms with Crippen molar-refractivity contribution in [3.05, 3.63) is 36.3 Å². The number of urea groups is 1. The number of nitrogens with zero attached hydrogens (tertiary/aromatic N) is 3. The lowest BCUT2D eigenvalue weighted by atomic mass is 9.93. The van der Waals surface area contributed by atoms with E-state index in [0.29, 0.717) is 17.2 Å². The smallest absolute Gasteiger partial charge is 0.319 e. The van der Waals surface area contributed by atoms with Gasteiger partial charge in [0.05, 0.1) is 19.9 Å². The van der Waals surface area contributed by atoms with E-state index >= 15 is 0 Å². The van der Waals surface area contributed by atoms with Crippen LogP contribution in [0.15, 0.2) is 30.6 Å². The van der Waals surface area contributed by atoms with Crippen LogP contribution in [0.4, 0.5) is 10.5 Å². The zero-order chi connectivity index (χ0) is 20.6. The van der Waals surface area contributed by atoms with Gasteiger partial charge in [0.25, 0.3) is 5.88 Å². The van der Waals surface area contributed by atoms with Crippen molar-refractivity contribution in [2.75, 3.05) is 19.5 Å². The maximum Gasteiger partial charge on any atom is 0.319 e. The van der Waals surface area contributed by atoms with Gasteiger partial charge in [-0.2, -0.15) is 5.26 Å². The van der Waals surface area contributed by atoms with Crippen LogP contribution in [-0.2, 0) is 0 Å². The molecule has 0 spiro atoms. The van der Waals surface area contributed by atoms with Gasteiger partial charge in [-0.25, -0.2) is 14.8 Å². The van der Waals surface area contributed by atoms with Gasteiger partial charge in [-0.15, -0.1) is 0 Å². The van der Waals surface area contributed by atoms with Gasteiger partial charge in [-0.3, -0.25) is 0 Å². The maximum absolute atomic E-state index is 12.4. The molecule has 1 aromatic heterocycles. The molecule has 1 aliphatic rings. The molecule has 1 fully saturated rings. The molecule has 152 valence electrons. The third-order valence-electron chi connectivity index (χ3n) is 4.72. The molecule has 0 unspecified atom stereocenters. The summed E-state index contributed by atoms with van der Waals surface area (Å²) in [6.45, 7) is 0. The van der Waals surface area contributed by atoms with E-state index in [1.165, 1.54) is 19.5 Å². The van der Waals surface area contributed by atoms with Gasteiger partial charge in [0.2, 0.25) is 5.69 Å². The van der Waals surface area contributed by atoms with Crippen LogP contribution in [-0.4, -0.2) is 42.4 Å². The average Bonchev–Trinajstić information content (AvgIpc) is 2.75. The minimum atomic E-state index is -0.293. The standard InChI is InChI=1S/C20H23N5O4/c1-27-15-7-8-16(18(11-15)28-2)25-20(26)24-13-3-5-14(6-4-13)29-19-17(12-21)22-9-10-23-19/h7-11,13-14H,3-6H2,1-2H3,(H2,24,25,26). The molecule has 1 heterocycles. The fraction of sp³-hybridized carbons (Fsp3) is 0.400. The summed E-state index contributed by atoms with van der Waals surface area (Å²) in [7, 11) is 3.11. The largest absolute Gasteiger partial charge is 0.497 e. The molecule has 0 atom stereocenters. The first-order valence-corrected chi connectivity index (χ1v) is 9.30. The maximum atomic E-state index is 12.4. The Balaban J connectivity index is 1.49. The summed E-state index contributed by atoms with van der Waals surface area (Å²) in [4.78, 5) is 20.4. The molecule has 9 nitrogen and oxygen atoms in total. The quantitative estimate of drug-likeness (QED) is 0.769. The van der Waals surface area contributed by atoms with Crippen LogP contribution in [0.25, 0.3) is 0 Å². The molecule has 0 aliphatic heterocycles. The molecule has 0 bridgehead atoms. The summed E-state index contributed by atoms with van der Waals surface area (Å²) in [6, 6.07) is 6.92. The van der Waals surface area contributed by atoms with Crippen LogP contribution in [0, 0.1) is 11.3 Å². The highest BCUT2D eigenvalue weighted by molar-refractivity contribution is 5.91. The van der Waals surface area contributed by atoms with Gasteiger partial charge in [0.15, 0.2) is 0 Å². The highest BCUT2D eigenvalue weighted by Gasteiger charge is 2.25. The molecule has 2 amide bonds. The van der Waals surface area contributed by atoms with Crippen molar-refractivity contribution in [3.8, 4) is 23.4 Å². The van der Waals surface area contributed by atoms with E-state index in [1.54, 1.807) is 25.3 Å². The zero-order valence-corrected chi connectivity index (χ0v) is 16.3. The third-order valence-corrected chi connectivity index (χ3v) is 4.72. The average molecular weight is 397 g/mol. The highest BCUT2D eigenvalue weighted by Crippen LogP contribution is 2.29. The molecule has 2 aromatic rings. The Bertz CT molecular complexity index is 891. The van der Waals surface area contributed by atoms with Gasteiger partial charge >= 0.3 is 6.03 Å². The monoisotopic (exact) mass is 397 g/mol.